The van der Waals surface area contributed by atoms with Crippen molar-refractivity contribution in [3.63, 3.8) is 0 Å². The van der Waals surface area contributed by atoms with E-state index in [1.54, 1.807) is 29.8 Å². The summed E-state index contributed by atoms with van der Waals surface area (Å²) in [5, 5.41) is 18.0. The molecule has 0 amide bonds. The molecule has 2 aromatic heterocycles. The number of hydrogen-bond acceptors (Lipinski definition) is 5. The molecule has 0 radical (unpaired) electrons. The first-order valence-corrected chi connectivity index (χ1v) is 8.01. The smallest absolute Gasteiger partial charge is 0.313 e. The fraction of sp³-hybridized carbons (Fsp3) is 0.133. The van der Waals surface area contributed by atoms with E-state index in [9.17, 15) is 4.79 Å². The number of aliphatic carboxylic acids is 1. The lowest BCUT2D eigenvalue weighted by Crippen LogP contribution is -2.00. The summed E-state index contributed by atoms with van der Waals surface area (Å²) in [5.41, 5.74) is 0.906. The molecule has 0 aliphatic heterocycles. The zero-order chi connectivity index (χ0) is 16.4. The van der Waals surface area contributed by atoms with E-state index in [0.29, 0.717) is 27.5 Å². The molecule has 23 heavy (non-hydrogen) atoms. The van der Waals surface area contributed by atoms with Crippen molar-refractivity contribution in [3.05, 3.63) is 41.4 Å². The van der Waals surface area contributed by atoms with Crippen molar-refractivity contribution in [3.8, 4) is 22.9 Å². The van der Waals surface area contributed by atoms with Crippen molar-refractivity contribution in [1.29, 1.82) is 0 Å². The van der Waals surface area contributed by atoms with Gasteiger partial charge >= 0.3 is 5.97 Å². The highest BCUT2D eigenvalue weighted by Gasteiger charge is 2.16. The molecule has 8 heteroatoms. The second kappa shape index (κ2) is 6.47. The second-order valence-electron chi connectivity index (χ2n) is 4.72. The topological polar surface area (TPSA) is 81.2 Å². The summed E-state index contributed by atoms with van der Waals surface area (Å²) in [6.07, 6.45) is 0. The monoisotopic (exact) mass is 349 g/mol. The minimum atomic E-state index is -0.900. The van der Waals surface area contributed by atoms with E-state index in [2.05, 4.69) is 10.2 Å². The first-order valence-electron chi connectivity index (χ1n) is 6.65. The first-order chi connectivity index (χ1) is 11.0. The van der Waals surface area contributed by atoms with Gasteiger partial charge in [-0.2, -0.15) is 0 Å². The highest BCUT2D eigenvalue weighted by Crippen LogP contribution is 2.29. The van der Waals surface area contributed by atoms with Gasteiger partial charge in [0.15, 0.2) is 16.7 Å². The molecule has 0 fully saturated rings. The lowest BCUT2D eigenvalue weighted by molar-refractivity contribution is -0.133. The molecule has 0 saturated carbocycles. The van der Waals surface area contributed by atoms with Gasteiger partial charge in [0.25, 0.3) is 0 Å². The van der Waals surface area contributed by atoms with Gasteiger partial charge in [0.05, 0.1) is 5.75 Å². The molecule has 2 heterocycles. The Morgan fingerprint density at radius 2 is 1.91 bits per heavy atom. The number of nitrogens with zero attached hydrogens (tertiary/aromatic N) is 3. The maximum absolute atomic E-state index is 10.6. The van der Waals surface area contributed by atoms with Crippen LogP contribution in [-0.4, -0.2) is 31.6 Å². The summed E-state index contributed by atoms with van der Waals surface area (Å²) >= 11 is 6.99. The van der Waals surface area contributed by atoms with Crippen LogP contribution in [0.5, 0.6) is 0 Å². The van der Waals surface area contributed by atoms with Gasteiger partial charge in [-0.1, -0.05) is 23.4 Å². The van der Waals surface area contributed by atoms with Gasteiger partial charge in [-0.3, -0.25) is 4.79 Å². The van der Waals surface area contributed by atoms with E-state index in [1.807, 2.05) is 18.2 Å². The van der Waals surface area contributed by atoms with Gasteiger partial charge < -0.3 is 14.1 Å². The summed E-state index contributed by atoms with van der Waals surface area (Å²) in [5.74, 6) is 0.826. The quantitative estimate of drug-likeness (QED) is 0.709. The fourth-order valence-corrected chi connectivity index (χ4v) is 2.77. The van der Waals surface area contributed by atoms with Gasteiger partial charge in [0.2, 0.25) is 0 Å². The van der Waals surface area contributed by atoms with Gasteiger partial charge in [-0.15, -0.1) is 10.2 Å². The van der Waals surface area contributed by atoms with Crippen LogP contribution in [-0.2, 0) is 11.8 Å². The van der Waals surface area contributed by atoms with E-state index < -0.39 is 5.97 Å². The molecule has 0 aliphatic carbocycles. The van der Waals surface area contributed by atoms with Crippen molar-refractivity contribution in [1.82, 2.24) is 14.8 Å². The second-order valence-corrected chi connectivity index (χ2v) is 6.10. The standard InChI is InChI=1S/C15H12ClN3O3S/c1-19-14(17-18-15(19)23-8-13(20)21)12-7-6-11(22-12)9-2-4-10(16)5-3-9/h2-7H,8H2,1H3,(H,20,21). The Hall–Kier alpha value is -2.25. The number of halogens is 1. The number of rotatable bonds is 5. The van der Waals surface area contributed by atoms with Crippen LogP contribution < -0.4 is 0 Å². The summed E-state index contributed by atoms with van der Waals surface area (Å²) in [7, 11) is 1.77. The third kappa shape index (κ3) is 3.40. The highest BCUT2D eigenvalue weighted by molar-refractivity contribution is 7.99. The summed E-state index contributed by atoms with van der Waals surface area (Å²) < 4.78 is 7.53. The Morgan fingerprint density at radius 3 is 2.61 bits per heavy atom. The molecular formula is C15H12ClN3O3S. The van der Waals surface area contributed by atoms with E-state index in [-0.39, 0.29) is 5.75 Å². The summed E-state index contributed by atoms with van der Waals surface area (Å²) in [6, 6.07) is 11.0. The van der Waals surface area contributed by atoms with Crippen LogP contribution >= 0.6 is 23.4 Å². The fourth-order valence-electron chi connectivity index (χ4n) is 2.01. The predicted octanol–water partition coefficient (Wildman–Crippen LogP) is 3.57. The summed E-state index contributed by atoms with van der Waals surface area (Å²) in [6.45, 7) is 0. The van der Waals surface area contributed by atoms with E-state index in [0.717, 1.165) is 17.3 Å². The first kappa shape index (κ1) is 15.6. The Bertz CT molecular complexity index is 842. The molecule has 1 aromatic carbocycles. The molecule has 118 valence electrons. The number of carboxylic acids is 1. The minimum absolute atomic E-state index is 0.0693. The number of aromatic nitrogens is 3. The van der Waals surface area contributed by atoms with Gasteiger partial charge in [-0.05, 0) is 36.4 Å². The number of thioether (sulfide) groups is 1. The average molecular weight is 350 g/mol. The number of carbonyl (C=O) groups is 1. The van der Waals surface area contributed by atoms with Crippen LogP contribution in [0.3, 0.4) is 0 Å². The van der Waals surface area contributed by atoms with Crippen LogP contribution in [0.25, 0.3) is 22.9 Å². The van der Waals surface area contributed by atoms with Crippen molar-refractivity contribution in [2.24, 2.45) is 7.05 Å². The van der Waals surface area contributed by atoms with E-state index in [1.165, 1.54) is 0 Å². The lowest BCUT2D eigenvalue weighted by Gasteiger charge is -2.01. The molecule has 6 nitrogen and oxygen atoms in total. The third-order valence-corrected chi connectivity index (χ3v) is 4.37. The number of benzene rings is 1. The molecule has 0 saturated heterocycles. The zero-order valence-electron chi connectivity index (χ0n) is 12.1. The number of hydrogen-bond donors (Lipinski definition) is 1. The predicted molar refractivity (Wildman–Crippen MR) is 87.5 cm³/mol. The van der Waals surface area contributed by atoms with Crippen LogP contribution in [0.15, 0.2) is 46.0 Å². The molecule has 0 bridgehead atoms. The molecule has 3 rings (SSSR count). The molecule has 1 N–H and O–H groups in total. The Morgan fingerprint density at radius 1 is 1.22 bits per heavy atom. The molecular weight excluding hydrogens is 338 g/mol. The Labute approximate surface area is 141 Å². The average Bonchev–Trinajstić information content (AvgIpc) is 3.13. The maximum Gasteiger partial charge on any atom is 0.313 e. The van der Waals surface area contributed by atoms with Crippen molar-refractivity contribution in [2.75, 3.05) is 5.75 Å². The van der Waals surface area contributed by atoms with E-state index in [4.69, 9.17) is 21.1 Å². The summed E-state index contributed by atoms with van der Waals surface area (Å²) in [4.78, 5) is 10.6. The van der Waals surface area contributed by atoms with Crippen molar-refractivity contribution in [2.45, 2.75) is 5.16 Å². The molecule has 0 spiro atoms. The highest BCUT2D eigenvalue weighted by atomic mass is 35.5. The Balaban J connectivity index is 1.86. The number of furan rings is 1. The van der Waals surface area contributed by atoms with Crippen molar-refractivity contribution < 1.29 is 14.3 Å². The zero-order valence-corrected chi connectivity index (χ0v) is 13.6. The van der Waals surface area contributed by atoms with Crippen molar-refractivity contribution >= 4 is 29.3 Å². The van der Waals surface area contributed by atoms with Gasteiger partial charge in [0.1, 0.15) is 5.76 Å². The molecule has 0 unspecified atom stereocenters. The third-order valence-electron chi connectivity index (χ3n) is 3.11. The minimum Gasteiger partial charge on any atom is -0.481 e. The largest absolute Gasteiger partial charge is 0.481 e. The molecule has 3 aromatic rings. The van der Waals surface area contributed by atoms with Crippen LogP contribution in [0.4, 0.5) is 0 Å². The number of carboxylic acid groups (broad SMARTS) is 1. The van der Waals surface area contributed by atoms with E-state index >= 15 is 0 Å². The Kier molecular flexibility index (Phi) is 4.40. The lowest BCUT2D eigenvalue weighted by atomic mass is 10.2. The van der Waals surface area contributed by atoms with Crippen LogP contribution in [0, 0.1) is 0 Å². The van der Waals surface area contributed by atoms with Crippen LogP contribution in [0.1, 0.15) is 0 Å². The van der Waals surface area contributed by atoms with Crippen LogP contribution in [0.2, 0.25) is 5.02 Å². The maximum atomic E-state index is 10.6. The molecule has 0 aliphatic rings. The van der Waals surface area contributed by atoms with Gasteiger partial charge in [-0.25, -0.2) is 0 Å². The molecule has 0 atom stereocenters. The normalized spacial score (nSPS) is 10.9. The SMILES string of the molecule is Cn1c(SCC(=O)O)nnc1-c1ccc(-c2ccc(Cl)cc2)o1. The van der Waals surface area contributed by atoms with Gasteiger partial charge in [0, 0.05) is 17.6 Å².